The maximum absolute atomic E-state index is 4.57. The first-order valence-corrected chi connectivity index (χ1v) is 3.89. The van der Waals surface area contributed by atoms with Crippen LogP contribution in [-0.4, -0.2) is 16.7 Å². The number of rotatable bonds is 5. The minimum Gasteiger partial charge on any atom is -0.343 e. The molecule has 1 rings (SSSR count). The van der Waals surface area contributed by atoms with Crippen LogP contribution < -0.4 is 5.32 Å². The molecule has 4 nitrogen and oxygen atoms in total. The minimum atomic E-state index is 0.705. The van der Waals surface area contributed by atoms with E-state index in [0.29, 0.717) is 6.54 Å². The van der Waals surface area contributed by atoms with Gasteiger partial charge in [-0.05, 0) is 13.0 Å². The summed E-state index contributed by atoms with van der Waals surface area (Å²) in [4.78, 5) is 3.87. The Morgan fingerprint density at radius 3 is 3.18 bits per heavy atom. The zero-order chi connectivity index (χ0) is 7.94. The van der Waals surface area contributed by atoms with E-state index in [4.69, 9.17) is 0 Å². The molecule has 0 unspecified atom stereocenters. The molecule has 0 bridgehead atoms. The van der Waals surface area contributed by atoms with Gasteiger partial charge in [-0.15, -0.1) is 0 Å². The van der Waals surface area contributed by atoms with Gasteiger partial charge in [-0.25, -0.2) is 0 Å². The van der Waals surface area contributed by atoms with Crippen molar-refractivity contribution < 1.29 is 4.52 Å². The average Bonchev–Trinajstić information content (AvgIpc) is 2.50. The number of hydrogen-bond acceptors (Lipinski definition) is 4. The molecule has 1 heterocycles. The summed E-state index contributed by atoms with van der Waals surface area (Å²) in [7, 11) is 0. The van der Waals surface area contributed by atoms with E-state index in [-0.39, 0.29) is 0 Å². The Kier molecular flexibility index (Phi) is 3.61. The topological polar surface area (TPSA) is 51.0 Å². The second-order valence-corrected chi connectivity index (χ2v) is 2.38. The Balaban J connectivity index is 2.04. The van der Waals surface area contributed by atoms with Gasteiger partial charge in [0.15, 0.2) is 5.82 Å². The first-order chi connectivity index (χ1) is 5.43. The fraction of sp³-hybridized carbons (Fsp3) is 0.714. The Bertz CT molecular complexity index is 174. The van der Waals surface area contributed by atoms with Gasteiger partial charge in [0.1, 0.15) is 0 Å². The fourth-order valence-corrected chi connectivity index (χ4v) is 0.772. The van der Waals surface area contributed by atoms with Crippen molar-refractivity contribution in [3.8, 4) is 0 Å². The summed E-state index contributed by atoms with van der Waals surface area (Å²) in [5.41, 5.74) is 0. The van der Waals surface area contributed by atoms with E-state index in [1.165, 1.54) is 19.2 Å². The Hall–Kier alpha value is -0.900. The molecule has 11 heavy (non-hydrogen) atoms. The van der Waals surface area contributed by atoms with Crippen LogP contribution in [0.5, 0.6) is 0 Å². The number of aromatic nitrogens is 2. The second kappa shape index (κ2) is 4.85. The van der Waals surface area contributed by atoms with Gasteiger partial charge in [0.25, 0.3) is 0 Å². The Labute approximate surface area is 66.0 Å². The van der Waals surface area contributed by atoms with Crippen LogP contribution in [0.2, 0.25) is 0 Å². The SMILES string of the molecule is CCCCNCc1ncon1. The Morgan fingerprint density at radius 2 is 2.55 bits per heavy atom. The number of nitrogens with one attached hydrogen (secondary N) is 1. The molecule has 1 N–H and O–H groups in total. The molecule has 0 aromatic carbocycles. The smallest absolute Gasteiger partial charge is 0.213 e. The third kappa shape index (κ3) is 3.13. The third-order valence-electron chi connectivity index (χ3n) is 1.40. The summed E-state index contributed by atoms with van der Waals surface area (Å²) >= 11 is 0. The van der Waals surface area contributed by atoms with Gasteiger partial charge in [-0.3, -0.25) is 0 Å². The van der Waals surface area contributed by atoms with Gasteiger partial charge in [0.05, 0.1) is 6.54 Å². The van der Waals surface area contributed by atoms with E-state index in [9.17, 15) is 0 Å². The summed E-state index contributed by atoms with van der Waals surface area (Å²) in [6, 6.07) is 0. The largest absolute Gasteiger partial charge is 0.343 e. The average molecular weight is 155 g/mol. The van der Waals surface area contributed by atoms with E-state index in [0.717, 1.165) is 12.4 Å². The summed E-state index contributed by atoms with van der Waals surface area (Å²) in [5, 5.41) is 6.87. The van der Waals surface area contributed by atoms with Crippen LogP contribution >= 0.6 is 0 Å². The minimum absolute atomic E-state index is 0.705. The highest BCUT2D eigenvalue weighted by atomic mass is 16.5. The monoisotopic (exact) mass is 155 g/mol. The van der Waals surface area contributed by atoms with E-state index in [1.807, 2.05) is 0 Å². The van der Waals surface area contributed by atoms with Crippen LogP contribution in [0.4, 0.5) is 0 Å². The van der Waals surface area contributed by atoms with Gasteiger partial charge in [-0.2, -0.15) is 4.98 Å². The van der Waals surface area contributed by atoms with Gasteiger partial charge in [0, 0.05) is 0 Å². The molecule has 0 fully saturated rings. The van der Waals surface area contributed by atoms with Crippen molar-refractivity contribution in [2.24, 2.45) is 0 Å². The fourth-order valence-electron chi connectivity index (χ4n) is 0.772. The lowest BCUT2D eigenvalue weighted by atomic mass is 10.3. The molecule has 4 heteroatoms. The van der Waals surface area contributed by atoms with Crippen molar-refractivity contribution in [1.29, 1.82) is 0 Å². The van der Waals surface area contributed by atoms with Crippen molar-refractivity contribution in [2.45, 2.75) is 26.3 Å². The highest BCUT2D eigenvalue weighted by Crippen LogP contribution is 1.88. The predicted molar refractivity (Wildman–Crippen MR) is 40.9 cm³/mol. The van der Waals surface area contributed by atoms with E-state index < -0.39 is 0 Å². The van der Waals surface area contributed by atoms with Crippen molar-refractivity contribution in [3.63, 3.8) is 0 Å². The molecule has 0 saturated carbocycles. The number of unbranched alkanes of at least 4 members (excludes halogenated alkanes) is 1. The lowest BCUT2D eigenvalue weighted by Gasteiger charge is -1.97. The molecule has 1 aromatic rings. The van der Waals surface area contributed by atoms with E-state index >= 15 is 0 Å². The Morgan fingerprint density at radius 1 is 1.64 bits per heavy atom. The van der Waals surface area contributed by atoms with Crippen molar-refractivity contribution >= 4 is 0 Å². The molecule has 0 aliphatic carbocycles. The molecule has 1 aromatic heterocycles. The van der Waals surface area contributed by atoms with Gasteiger partial charge in [0.2, 0.25) is 6.39 Å². The van der Waals surface area contributed by atoms with Gasteiger partial charge in [-0.1, -0.05) is 18.5 Å². The van der Waals surface area contributed by atoms with Crippen LogP contribution in [0.25, 0.3) is 0 Å². The molecular weight excluding hydrogens is 142 g/mol. The van der Waals surface area contributed by atoms with Crippen LogP contribution in [0, 0.1) is 0 Å². The van der Waals surface area contributed by atoms with Crippen LogP contribution in [0.1, 0.15) is 25.6 Å². The quantitative estimate of drug-likeness (QED) is 0.643. The highest BCUT2D eigenvalue weighted by Gasteiger charge is 1.94. The molecule has 0 amide bonds. The number of nitrogens with zero attached hydrogens (tertiary/aromatic N) is 2. The van der Waals surface area contributed by atoms with E-state index in [2.05, 4.69) is 26.9 Å². The lowest BCUT2D eigenvalue weighted by molar-refractivity contribution is 0.407. The predicted octanol–water partition coefficient (Wildman–Crippen LogP) is 0.959. The first-order valence-electron chi connectivity index (χ1n) is 3.89. The molecule has 0 saturated heterocycles. The number of hydrogen-bond donors (Lipinski definition) is 1. The van der Waals surface area contributed by atoms with E-state index in [1.54, 1.807) is 0 Å². The summed E-state index contributed by atoms with van der Waals surface area (Å²) in [5.74, 6) is 0.723. The molecule has 0 aliphatic rings. The molecular formula is C7H13N3O. The molecule has 62 valence electrons. The zero-order valence-electron chi connectivity index (χ0n) is 6.71. The summed E-state index contributed by atoms with van der Waals surface area (Å²) in [6.07, 6.45) is 3.74. The molecule has 0 spiro atoms. The molecule has 0 aliphatic heterocycles. The van der Waals surface area contributed by atoms with Crippen LogP contribution in [-0.2, 0) is 6.54 Å². The summed E-state index contributed by atoms with van der Waals surface area (Å²) in [6.45, 7) is 3.89. The maximum Gasteiger partial charge on any atom is 0.213 e. The lowest BCUT2D eigenvalue weighted by Crippen LogP contribution is -2.15. The highest BCUT2D eigenvalue weighted by molar-refractivity contribution is 4.75. The van der Waals surface area contributed by atoms with Crippen LogP contribution in [0.3, 0.4) is 0 Å². The van der Waals surface area contributed by atoms with Gasteiger partial charge < -0.3 is 9.84 Å². The standard InChI is InChI=1S/C7H13N3O/c1-2-3-4-8-5-7-9-6-11-10-7/h6,8H,2-5H2,1H3. The normalized spacial score (nSPS) is 10.3. The van der Waals surface area contributed by atoms with Crippen molar-refractivity contribution in [2.75, 3.05) is 6.54 Å². The third-order valence-corrected chi connectivity index (χ3v) is 1.40. The zero-order valence-corrected chi connectivity index (χ0v) is 6.71. The molecule has 0 radical (unpaired) electrons. The maximum atomic E-state index is 4.57. The first kappa shape index (κ1) is 8.20. The van der Waals surface area contributed by atoms with Crippen molar-refractivity contribution in [3.05, 3.63) is 12.2 Å². The molecule has 0 atom stereocenters. The van der Waals surface area contributed by atoms with Crippen molar-refractivity contribution in [1.82, 2.24) is 15.5 Å². The second-order valence-electron chi connectivity index (χ2n) is 2.38. The van der Waals surface area contributed by atoms with Gasteiger partial charge >= 0.3 is 0 Å². The van der Waals surface area contributed by atoms with Crippen LogP contribution in [0.15, 0.2) is 10.9 Å². The summed E-state index contributed by atoms with van der Waals surface area (Å²) < 4.78 is 4.57.